The molecule has 0 saturated heterocycles. The number of carbonyl (C=O) groups is 6. The van der Waals surface area contributed by atoms with Crippen molar-refractivity contribution in [2.24, 2.45) is 17.4 Å². The van der Waals surface area contributed by atoms with Gasteiger partial charge in [-0.25, -0.2) is 4.79 Å². The number of nitrogens with one attached hydrogen (secondary N) is 3. The summed E-state index contributed by atoms with van der Waals surface area (Å²) in [7, 11) is 0. The number of carboxylic acids is 2. The highest BCUT2D eigenvalue weighted by Gasteiger charge is 2.34. The minimum Gasteiger partial charge on any atom is -0.481 e. The zero-order valence-electron chi connectivity index (χ0n) is 18.7. The van der Waals surface area contributed by atoms with Crippen LogP contribution in [0.2, 0.25) is 0 Å². The Labute approximate surface area is 190 Å². The highest BCUT2D eigenvalue weighted by atomic mass is 16.4. The van der Waals surface area contributed by atoms with Gasteiger partial charge in [-0.1, -0.05) is 20.3 Å². The molecule has 0 aromatic rings. The first kappa shape index (κ1) is 29.7. The van der Waals surface area contributed by atoms with Gasteiger partial charge in [-0.15, -0.1) is 0 Å². The number of hydrogen-bond donors (Lipinski definition) is 8. The van der Waals surface area contributed by atoms with Crippen molar-refractivity contribution < 1.29 is 44.1 Å². The Morgan fingerprint density at radius 3 is 1.85 bits per heavy atom. The van der Waals surface area contributed by atoms with E-state index in [0.29, 0.717) is 6.42 Å². The Balaban J connectivity index is 5.54. The quantitative estimate of drug-likeness (QED) is 0.119. The van der Waals surface area contributed by atoms with Crippen LogP contribution >= 0.6 is 0 Å². The third-order valence-corrected chi connectivity index (χ3v) is 4.88. The summed E-state index contributed by atoms with van der Waals surface area (Å²) in [4.78, 5) is 70.8. The van der Waals surface area contributed by atoms with Gasteiger partial charge in [0.05, 0.1) is 18.6 Å². The van der Waals surface area contributed by atoms with E-state index in [1.807, 2.05) is 0 Å². The van der Waals surface area contributed by atoms with Crippen molar-refractivity contribution in [3.63, 3.8) is 0 Å². The molecule has 0 aliphatic rings. The summed E-state index contributed by atoms with van der Waals surface area (Å²) in [5.41, 5.74) is 10.5. The van der Waals surface area contributed by atoms with E-state index in [9.17, 15) is 39.0 Å². The van der Waals surface area contributed by atoms with E-state index < -0.39 is 78.2 Å². The molecule has 33 heavy (non-hydrogen) atoms. The molecule has 14 heteroatoms. The van der Waals surface area contributed by atoms with Gasteiger partial charge in [0.2, 0.25) is 23.6 Å². The molecule has 10 N–H and O–H groups in total. The predicted molar refractivity (Wildman–Crippen MR) is 113 cm³/mol. The monoisotopic (exact) mass is 475 g/mol. The Morgan fingerprint density at radius 1 is 0.879 bits per heavy atom. The largest absolute Gasteiger partial charge is 0.481 e. The van der Waals surface area contributed by atoms with Gasteiger partial charge >= 0.3 is 11.9 Å². The molecule has 0 aromatic carbocycles. The van der Waals surface area contributed by atoms with Gasteiger partial charge in [0, 0.05) is 6.42 Å². The molecule has 14 nitrogen and oxygen atoms in total. The number of amides is 4. The van der Waals surface area contributed by atoms with Crippen molar-refractivity contribution in [2.45, 2.75) is 76.7 Å². The fourth-order valence-electron chi connectivity index (χ4n) is 2.70. The first-order valence-corrected chi connectivity index (χ1v) is 10.3. The number of aliphatic hydroxyl groups is 1. The van der Waals surface area contributed by atoms with Gasteiger partial charge < -0.3 is 42.7 Å². The minimum absolute atomic E-state index is 0.300. The lowest BCUT2D eigenvalue weighted by Gasteiger charge is -2.27. The van der Waals surface area contributed by atoms with Crippen LogP contribution < -0.4 is 27.4 Å². The zero-order chi connectivity index (χ0) is 25.9. The number of nitrogens with two attached hydrogens (primary N) is 2. The number of rotatable bonds is 15. The maximum Gasteiger partial charge on any atom is 0.326 e. The van der Waals surface area contributed by atoms with Crippen LogP contribution in [-0.2, 0) is 28.8 Å². The van der Waals surface area contributed by atoms with Crippen LogP contribution in [0.1, 0.15) is 46.5 Å². The van der Waals surface area contributed by atoms with Crippen molar-refractivity contribution in [3.8, 4) is 0 Å². The molecule has 0 bridgehead atoms. The van der Waals surface area contributed by atoms with E-state index in [2.05, 4.69) is 16.0 Å². The third kappa shape index (κ3) is 10.7. The van der Waals surface area contributed by atoms with Crippen LogP contribution in [0.4, 0.5) is 0 Å². The molecule has 0 aliphatic carbocycles. The number of aliphatic carboxylic acids is 2. The smallest absolute Gasteiger partial charge is 0.326 e. The lowest BCUT2D eigenvalue weighted by atomic mass is 9.98. The average molecular weight is 475 g/mol. The average Bonchev–Trinajstić information content (AvgIpc) is 2.70. The van der Waals surface area contributed by atoms with Crippen LogP contribution in [0.15, 0.2) is 0 Å². The van der Waals surface area contributed by atoms with Gasteiger partial charge in [0.25, 0.3) is 0 Å². The fraction of sp³-hybridized carbons (Fsp3) is 0.684. The van der Waals surface area contributed by atoms with Crippen molar-refractivity contribution in [2.75, 3.05) is 0 Å². The standard InChI is InChI=1S/C19H33N5O9/c1-4-8(2)14(19(32)33)23-18(31)15(9(3)25)24-17(30)11(5-6-12(21)26)22-16(29)10(20)7-13(27)28/h8-11,14-15,25H,4-7,20H2,1-3H3,(H2,21,26)(H,22,29)(H,23,31)(H,24,30)(H,27,28)(H,32,33). The second-order valence-electron chi connectivity index (χ2n) is 7.71. The lowest BCUT2D eigenvalue weighted by Crippen LogP contribution is -2.60. The molecule has 0 fully saturated rings. The topological polar surface area (TPSA) is 251 Å². The second-order valence-corrected chi connectivity index (χ2v) is 7.71. The highest BCUT2D eigenvalue weighted by Crippen LogP contribution is 2.09. The van der Waals surface area contributed by atoms with Crippen LogP contribution in [0.3, 0.4) is 0 Å². The molecule has 0 aromatic heterocycles. The predicted octanol–water partition coefficient (Wildman–Crippen LogP) is -2.98. The van der Waals surface area contributed by atoms with Gasteiger partial charge in [-0.3, -0.25) is 24.0 Å². The molecule has 0 heterocycles. The van der Waals surface area contributed by atoms with Gasteiger partial charge in [-0.05, 0) is 19.3 Å². The van der Waals surface area contributed by atoms with E-state index in [1.54, 1.807) is 13.8 Å². The maximum absolute atomic E-state index is 12.7. The van der Waals surface area contributed by atoms with Crippen LogP contribution in [-0.4, -0.2) is 81.2 Å². The normalized spacial score (nSPS) is 16.3. The van der Waals surface area contributed by atoms with Crippen LogP contribution in [0, 0.1) is 5.92 Å². The Bertz CT molecular complexity index is 743. The molecule has 6 unspecified atom stereocenters. The number of carbonyl (C=O) groups excluding carboxylic acids is 4. The summed E-state index contributed by atoms with van der Waals surface area (Å²) in [6.45, 7) is 4.51. The maximum atomic E-state index is 12.7. The summed E-state index contributed by atoms with van der Waals surface area (Å²) in [6.07, 6.45) is -2.39. The van der Waals surface area contributed by atoms with Gasteiger partial charge in [-0.2, -0.15) is 0 Å². The molecule has 0 spiro atoms. The fourth-order valence-corrected chi connectivity index (χ4v) is 2.70. The van der Waals surface area contributed by atoms with E-state index >= 15 is 0 Å². The summed E-state index contributed by atoms with van der Waals surface area (Å²) in [6, 6.07) is -5.80. The first-order chi connectivity index (χ1) is 15.2. The second kappa shape index (κ2) is 14.0. The Kier molecular flexibility index (Phi) is 12.6. The Morgan fingerprint density at radius 2 is 1.42 bits per heavy atom. The van der Waals surface area contributed by atoms with E-state index in [1.165, 1.54) is 6.92 Å². The molecule has 0 saturated carbocycles. The molecule has 188 valence electrons. The summed E-state index contributed by atoms with van der Waals surface area (Å²) in [5, 5.41) is 34.7. The van der Waals surface area contributed by atoms with Crippen LogP contribution in [0.25, 0.3) is 0 Å². The molecule has 6 atom stereocenters. The van der Waals surface area contributed by atoms with Crippen molar-refractivity contribution in [3.05, 3.63) is 0 Å². The van der Waals surface area contributed by atoms with Crippen LogP contribution in [0.5, 0.6) is 0 Å². The molecular weight excluding hydrogens is 442 g/mol. The summed E-state index contributed by atoms with van der Waals surface area (Å²) >= 11 is 0. The van der Waals surface area contributed by atoms with E-state index in [0.717, 1.165) is 0 Å². The SMILES string of the molecule is CCC(C)C(NC(=O)C(NC(=O)C(CCC(N)=O)NC(=O)C(N)CC(=O)O)C(C)O)C(=O)O. The molecule has 4 amide bonds. The minimum atomic E-state index is -1.59. The van der Waals surface area contributed by atoms with E-state index in [4.69, 9.17) is 16.6 Å². The first-order valence-electron chi connectivity index (χ1n) is 10.3. The number of aliphatic hydroxyl groups excluding tert-OH is 1. The van der Waals surface area contributed by atoms with Gasteiger partial charge in [0.1, 0.15) is 18.1 Å². The molecule has 0 rings (SSSR count). The molecule has 0 radical (unpaired) electrons. The zero-order valence-corrected chi connectivity index (χ0v) is 18.7. The summed E-state index contributed by atoms with van der Waals surface area (Å²) < 4.78 is 0. The highest BCUT2D eigenvalue weighted by molar-refractivity contribution is 5.95. The Hall–Kier alpha value is -3.26. The summed E-state index contributed by atoms with van der Waals surface area (Å²) in [5.74, 6) is -6.86. The molecule has 0 aliphatic heterocycles. The van der Waals surface area contributed by atoms with Gasteiger partial charge in [0.15, 0.2) is 0 Å². The number of carboxylic acid groups (broad SMARTS) is 2. The number of hydrogen-bond acceptors (Lipinski definition) is 8. The van der Waals surface area contributed by atoms with Crippen molar-refractivity contribution in [1.82, 2.24) is 16.0 Å². The molecular formula is C19H33N5O9. The third-order valence-electron chi connectivity index (χ3n) is 4.88. The lowest BCUT2D eigenvalue weighted by molar-refractivity contribution is -0.144. The van der Waals surface area contributed by atoms with Crippen molar-refractivity contribution in [1.29, 1.82) is 0 Å². The van der Waals surface area contributed by atoms with Crippen molar-refractivity contribution >= 4 is 35.6 Å². The number of primary amides is 1. The van der Waals surface area contributed by atoms with E-state index in [-0.39, 0.29) is 12.8 Å².